The van der Waals surface area contributed by atoms with Crippen molar-refractivity contribution in [3.8, 4) is 11.4 Å². The molecular formula is C9H7N4O2. The third-order valence-corrected chi connectivity index (χ3v) is 1.65. The molecule has 0 aliphatic heterocycles. The summed E-state index contributed by atoms with van der Waals surface area (Å²) in [5, 5.41) is 3.69. The van der Waals surface area contributed by atoms with Crippen LogP contribution in [0, 0.1) is 6.42 Å². The Morgan fingerprint density at radius 3 is 2.80 bits per heavy atom. The van der Waals surface area contributed by atoms with E-state index in [0.29, 0.717) is 5.82 Å². The summed E-state index contributed by atoms with van der Waals surface area (Å²) in [4.78, 5) is 18.4. The number of nitrogens with zero attached hydrogens (tertiary/aromatic N) is 3. The van der Waals surface area contributed by atoms with Crippen molar-refractivity contribution < 1.29 is 9.32 Å². The highest BCUT2D eigenvalue weighted by Crippen LogP contribution is 2.14. The van der Waals surface area contributed by atoms with Gasteiger partial charge in [-0.1, -0.05) is 5.16 Å². The fourth-order valence-corrected chi connectivity index (χ4v) is 1.03. The Kier molecular flexibility index (Phi) is 2.40. The second kappa shape index (κ2) is 3.87. The lowest BCUT2D eigenvalue weighted by atomic mass is 10.2. The van der Waals surface area contributed by atoms with Crippen molar-refractivity contribution in [1.82, 2.24) is 15.1 Å². The van der Waals surface area contributed by atoms with Gasteiger partial charge in [0.1, 0.15) is 6.42 Å². The third kappa shape index (κ3) is 2.16. The lowest BCUT2D eigenvalue weighted by Crippen LogP contribution is -2.11. The number of pyridine rings is 1. The fourth-order valence-electron chi connectivity index (χ4n) is 1.03. The van der Waals surface area contributed by atoms with Gasteiger partial charge in [0, 0.05) is 18.0 Å². The molecule has 0 unspecified atom stereocenters. The van der Waals surface area contributed by atoms with E-state index in [0.717, 1.165) is 12.0 Å². The molecule has 0 spiro atoms. The van der Waals surface area contributed by atoms with Crippen molar-refractivity contribution in [2.75, 3.05) is 0 Å². The highest BCUT2D eigenvalue weighted by atomic mass is 16.5. The molecule has 0 saturated heterocycles. The van der Waals surface area contributed by atoms with Crippen molar-refractivity contribution in [2.45, 2.75) is 0 Å². The summed E-state index contributed by atoms with van der Waals surface area (Å²) in [6.07, 6.45) is 4.30. The molecule has 2 N–H and O–H groups in total. The van der Waals surface area contributed by atoms with Gasteiger partial charge in [-0.2, -0.15) is 4.98 Å². The summed E-state index contributed by atoms with van der Waals surface area (Å²) in [6, 6.07) is 3.47. The van der Waals surface area contributed by atoms with Crippen molar-refractivity contribution >= 4 is 5.91 Å². The van der Waals surface area contributed by atoms with Crippen molar-refractivity contribution in [1.29, 1.82) is 0 Å². The quantitative estimate of drug-likeness (QED) is 0.767. The number of carbonyl (C=O) groups is 1. The third-order valence-electron chi connectivity index (χ3n) is 1.65. The zero-order chi connectivity index (χ0) is 10.7. The Labute approximate surface area is 85.1 Å². The number of carbonyl (C=O) groups excluding carboxylic acids is 1. The van der Waals surface area contributed by atoms with Crippen LogP contribution in [0.3, 0.4) is 0 Å². The molecule has 6 heteroatoms. The number of aromatic nitrogens is 3. The van der Waals surface area contributed by atoms with Crippen LogP contribution in [0.1, 0.15) is 5.89 Å². The molecule has 2 aromatic rings. The van der Waals surface area contributed by atoms with Crippen LogP contribution < -0.4 is 5.73 Å². The first-order chi connectivity index (χ1) is 7.25. The average Bonchev–Trinajstić information content (AvgIpc) is 2.67. The van der Waals surface area contributed by atoms with E-state index < -0.39 is 5.91 Å². The molecule has 75 valence electrons. The number of hydrogen-bond donors (Lipinski definition) is 1. The Hall–Kier alpha value is -2.24. The summed E-state index contributed by atoms with van der Waals surface area (Å²) in [6.45, 7) is 0. The van der Waals surface area contributed by atoms with Gasteiger partial charge in [0.25, 0.3) is 0 Å². The number of hydrogen-bond acceptors (Lipinski definition) is 5. The first kappa shape index (κ1) is 9.32. The molecule has 0 bridgehead atoms. The van der Waals surface area contributed by atoms with Crippen LogP contribution in [0.4, 0.5) is 0 Å². The largest absolute Gasteiger partial charge is 0.369 e. The summed E-state index contributed by atoms with van der Waals surface area (Å²) in [7, 11) is 0. The molecule has 2 heterocycles. The molecule has 0 aliphatic rings. The number of nitrogens with two attached hydrogens (primary N) is 1. The van der Waals surface area contributed by atoms with Gasteiger partial charge in [-0.05, 0) is 12.1 Å². The highest BCUT2D eigenvalue weighted by molar-refractivity contribution is 5.85. The smallest absolute Gasteiger partial charge is 0.240 e. The number of amides is 1. The minimum Gasteiger partial charge on any atom is -0.369 e. The molecule has 0 fully saturated rings. The maximum atomic E-state index is 10.5. The predicted octanol–water partition coefficient (Wildman–Crippen LogP) is 0.169. The van der Waals surface area contributed by atoms with E-state index in [4.69, 9.17) is 10.3 Å². The molecule has 1 amide bonds. The van der Waals surface area contributed by atoms with E-state index >= 15 is 0 Å². The first-order valence-electron chi connectivity index (χ1n) is 4.14. The van der Waals surface area contributed by atoms with E-state index in [1.54, 1.807) is 24.5 Å². The van der Waals surface area contributed by atoms with Crippen LogP contribution in [-0.4, -0.2) is 21.0 Å². The maximum absolute atomic E-state index is 10.5. The fraction of sp³-hybridized carbons (Fsp3) is 0. The molecule has 0 atom stereocenters. The molecule has 1 radical (unpaired) electrons. The van der Waals surface area contributed by atoms with Gasteiger partial charge in [-0.3, -0.25) is 9.78 Å². The van der Waals surface area contributed by atoms with Gasteiger partial charge in [0.15, 0.2) is 0 Å². The van der Waals surface area contributed by atoms with E-state index in [-0.39, 0.29) is 5.89 Å². The minimum absolute atomic E-state index is 0.0920. The molecule has 0 aliphatic carbocycles. The van der Waals surface area contributed by atoms with Crippen LogP contribution in [0.25, 0.3) is 11.4 Å². The Balaban J connectivity index is 2.24. The monoisotopic (exact) mass is 203 g/mol. The van der Waals surface area contributed by atoms with Gasteiger partial charge in [0.05, 0.1) is 0 Å². The zero-order valence-electron chi connectivity index (χ0n) is 7.62. The first-order valence-corrected chi connectivity index (χ1v) is 4.14. The van der Waals surface area contributed by atoms with Gasteiger partial charge in [-0.15, -0.1) is 0 Å². The van der Waals surface area contributed by atoms with E-state index in [1.807, 2.05) is 0 Å². The minimum atomic E-state index is -0.625. The summed E-state index contributed by atoms with van der Waals surface area (Å²) in [5.41, 5.74) is 5.70. The summed E-state index contributed by atoms with van der Waals surface area (Å²) < 4.78 is 4.79. The van der Waals surface area contributed by atoms with E-state index in [1.165, 1.54) is 0 Å². The summed E-state index contributed by atoms with van der Waals surface area (Å²) >= 11 is 0. The van der Waals surface area contributed by atoms with Gasteiger partial charge in [0.2, 0.25) is 17.6 Å². The van der Waals surface area contributed by atoms with Gasteiger partial charge >= 0.3 is 0 Å². The Morgan fingerprint density at radius 1 is 1.40 bits per heavy atom. The lowest BCUT2D eigenvalue weighted by molar-refractivity contribution is -0.114. The lowest BCUT2D eigenvalue weighted by Gasteiger charge is -1.89. The Bertz CT molecular complexity index is 466. The van der Waals surface area contributed by atoms with Crippen molar-refractivity contribution in [3.63, 3.8) is 0 Å². The van der Waals surface area contributed by atoms with Gasteiger partial charge in [-0.25, -0.2) is 0 Å². The van der Waals surface area contributed by atoms with Gasteiger partial charge < -0.3 is 10.3 Å². The van der Waals surface area contributed by atoms with Crippen LogP contribution >= 0.6 is 0 Å². The molecule has 6 nitrogen and oxygen atoms in total. The maximum Gasteiger partial charge on any atom is 0.240 e. The van der Waals surface area contributed by atoms with Crippen LogP contribution in [0.2, 0.25) is 0 Å². The number of primary amides is 1. The molecule has 2 rings (SSSR count). The van der Waals surface area contributed by atoms with Crippen molar-refractivity contribution in [3.05, 3.63) is 36.8 Å². The average molecular weight is 203 g/mol. The molecule has 15 heavy (non-hydrogen) atoms. The highest BCUT2D eigenvalue weighted by Gasteiger charge is 2.10. The predicted molar refractivity (Wildman–Crippen MR) is 50.1 cm³/mol. The standard InChI is InChI=1S/C9H7N4O2/c10-7(14)5-8-12-9(13-15-8)6-1-3-11-4-2-6/h1-5H,(H2,10,14). The Morgan fingerprint density at radius 2 is 2.13 bits per heavy atom. The summed E-state index contributed by atoms with van der Waals surface area (Å²) in [5.74, 6) is -0.140. The van der Waals surface area contributed by atoms with Crippen LogP contribution in [-0.2, 0) is 4.79 Å². The van der Waals surface area contributed by atoms with Crippen molar-refractivity contribution in [2.24, 2.45) is 5.73 Å². The second-order valence-corrected chi connectivity index (χ2v) is 2.74. The normalized spacial score (nSPS) is 10.1. The zero-order valence-corrected chi connectivity index (χ0v) is 7.62. The van der Waals surface area contributed by atoms with E-state index in [9.17, 15) is 4.79 Å². The SMILES string of the molecule is NC(=O)[CH]c1nc(-c2ccncc2)no1. The van der Waals surface area contributed by atoms with Crippen LogP contribution in [0.15, 0.2) is 29.0 Å². The van der Waals surface area contributed by atoms with Crippen LogP contribution in [0.5, 0.6) is 0 Å². The molecule has 2 aromatic heterocycles. The van der Waals surface area contributed by atoms with E-state index in [2.05, 4.69) is 15.1 Å². The molecule has 0 saturated carbocycles. The number of rotatable bonds is 3. The molecule has 0 aromatic carbocycles. The second-order valence-electron chi connectivity index (χ2n) is 2.74. The molecular weight excluding hydrogens is 196 g/mol. The topological polar surface area (TPSA) is 94.9 Å².